The van der Waals surface area contributed by atoms with Crippen LogP contribution < -0.4 is 5.32 Å². The quantitative estimate of drug-likeness (QED) is 0.848. The second-order valence-corrected chi connectivity index (χ2v) is 5.69. The molecule has 126 valence electrons. The van der Waals surface area contributed by atoms with Crippen LogP contribution in [0, 0.1) is 0 Å². The Kier molecular flexibility index (Phi) is 3.85. The molecule has 0 aliphatic carbocycles. The molecule has 0 fully saturated rings. The summed E-state index contributed by atoms with van der Waals surface area (Å²) in [5.41, 5.74) is -2.80. The van der Waals surface area contributed by atoms with Crippen LogP contribution in [0.15, 0.2) is 48.5 Å². The average Bonchev–Trinajstić information content (AvgIpc) is 2.80. The SMILES string of the molecule is CN(Cc1ccccc1)[C@]1(O)C(=O)Nc2c(C(F)(F)F)cccc21. The van der Waals surface area contributed by atoms with E-state index in [2.05, 4.69) is 5.32 Å². The molecule has 2 aromatic carbocycles. The summed E-state index contributed by atoms with van der Waals surface area (Å²) in [6.45, 7) is 0.195. The normalized spacial score (nSPS) is 20.2. The van der Waals surface area contributed by atoms with Crippen molar-refractivity contribution < 1.29 is 23.1 Å². The summed E-state index contributed by atoms with van der Waals surface area (Å²) in [7, 11) is 1.49. The van der Waals surface area contributed by atoms with E-state index in [9.17, 15) is 23.1 Å². The van der Waals surface area contributed by atoms with Crippen LogP contribution in [0.4, 0.5) is 18.9 Å². The van der Waals surface area contributed by atoms with Gasteiger partial charge in [0.1, 0.15) is 0 Å². The Morgan fingerprint density at radius 1 is 1.12 bits per heavy atom. The second kappa shape index (κ2) is 5.61. The van der Waals surface area contributed by atoms with Crippen LogP contribution in [-0.4, -0.2) is 23.0 Å². The lowest BCUT2D eigenvalue weighted by atomic mass is 9.99. The Hall–Kier alpha value is -2.38. The zero-order valence-electron chi connectivity index (χ0n) is 12.8. The van der Waals surface area contributed by atoms with Crippen LogP contribution >= 0.6 is 0 Å². The van der Waals surface area contributed by atoms with E-state index in [1.165, 1.54) is 24.1 Å². The highest BCUT2D eigenvalue weighted by Crippen LogP contribution is 2.45. The Morgan fingerprint density at radius 3 is 2.42 bits per heavy atom. The van der Waals surface area contributed by atoms with E-state index in [4.69, 9.17) is 0 Å². The summed E-state index contributed by atoms with van der Waals surface area (Å²) >= 11 is 0. The molecule has 1 aliphatic rings. The molecule has 1 amide bonds. The lowest BCUT2D eigenvalue weighted by Crippen LogP contribution is -2.48. The fourth-order valence-electron chi connectivity index (χ4n) is 2.89. The van der Waals surface area contributed by atoms with Crippen molar-refractivity contribution in [1.29, 1.82) is 0 Å². The number of aliphatic hydroxyl groups is 1. The Morgan fingerprint density at radius 2 is 1.79 bits per heavy atom. The van der Waals surface area contributed by atoms with E-state index in [-0.39, 0.29) is 12.1 Å². The standard InChI is InChI=1S/C17H15F3N2O2/c1-22(10-11-6-3-2-4-7-11)16(24)12-8-5-9-13(17(18,19)20)14(12)21-15(16)23/h2-9,24H,10H2,1H3,(H,21,23)/t16-/m1/s1. The monoisotopic (exact) mass is 336 g/mol. The van der Waals surface area contributed by atoms with Crippen molar-refractivity contribution in [2.45, 2.75) is 18.4 Å². The number of hydrogen-bond acceptors (Lipinski definition) is 3. The molecule has 24 heavy (non-hydrogen) atoms. The summed E-state index contributed by atoms with van der Waals surface area (Å²) < 4.78 is 39.4. The van der Waals surface area contributed by atoms with Gasteiger partial charge in [0.05, 0.1) is 11.3 Å². The molecule has 4 nitrogen and oxygen atoms in total. The number of carbonyl (C=O) groups excluding carboxylic acids is 1. The van der Waals surface area contributed by atoms with Gasteiger partial charge in [-0.05, 0) is 18.7 Å². The maximum absolute atomic E-state index is 13.1. The fourth-order valence-corrected chi connectivity index (χ4v) is 2.89. The highest BCUT2D eigenvalue weighted by Gasteiger charge is 2.51. The number of halogens is 3. The van der Waals surface area contributed by atoms with Crippen LogP contribution in [0.1, 0.15) is 16.7 Å². The summed E-state index contributed by atoms with van der Waals surface area (Å²) in [5, 5.41) is 13.1. The number of carbonyl (C=O) groups is 1. The molecule has 0 unspecified atom stereocenters. The molecule has 1 aliphatic heterocycles. The molecular weight excluding hydrogens is 321 g/mol. The zero-order valence-corrected chi connectivity index (χ0v) is 12.8. The van der Waals surface area contributed by atoms with Gasteiger partial charge in [-0.1, -0.05) is 42.5 Å². The highest BCUT2D eigenvalue weighted by molar-refractivity contribution is 6.05. The largest absolute Gasteiger partial charge is 0.418 e. The number of fused-ring (bicyclic) bond motifs is 1. The molecule has 0 saturated heterocycles. The molecule has 0 radical (unpaired) electrons. The average molecular weight is 336 g/mol. The van der Waals surface area contributed by atoms with Crippen molar-refractivity contribution in [1.82, 2.24) is 4.90 Å². The van der Waals surface area contributed by atoms with Gasteiger partial charge >= 0.3 is 6.18 Å². The molecule has 0 spiro atoms. The van der Waals surface area contributed by atoms with Crippen molar-refractivity contribution >= 4 is 11.6 Å². The van der Waals surface area contributed by atoms with Gasteiger partial charge in [0, 0.05) is 12.1 Å². The minimum absolute atomic E-state index is 0.0965. The minimum atomic E-state index is -4.62. The molecule has 0 aromatic heterocycles. The fraction of sp³-hybridized carbons (Fsp3) is 0.235. The zero-order chi connectivity index (χ0) is 17.5. The van der Waals surface area contributed by atoms with Gasteiger partial charge in [-0.25, -0.2) is 0 Å². The summed E-state index contributed by atoms with van der Waals surface area (Å²) in [4.78, 5) is 13.6. The van der Waals surface area contributed by atoms with E-state index in [0.717, 1.165) is 11.6 Å². The maximum Gasteiger partial charge on any atom is 0.418 e. The van der Waals surface area contributed by atoms with Gasteiger partial charge in [0.25, 0.3) is 5.91 Å². The van der Waals surface area contributed by atoms with E-state index >= 15 is 0 Å². The van der Waals surface area contributed by atoms with Crippen molar-refractivity contribution in [2.24, 2.45) is 0 Å². The van der Waals surface area contributed by atoms with Crippen molar-refractivity contribution in [2.75, 3.05) is 12.4 Å². The molecule has 2 N–H and O–H groups in total. The highest BCUT2D eigenvalue weighted by atomic mass is 19.4. The third-order valence-electron chi connectivity index (χ3n) is 4.12. The van der Waals surface area contributed by atoms with E-state index in [0.29, 0.717) is 0 Å². The molecule has 1 heterocycles. The number of para-hydroxylation sites is 1. The first kappa shape index (κ1) is 16.5. The number of amides is 1. The first-order valence-corrected chi connectivity index (χ1v) is 7.24. The number of hydrogen-bond donors (Lipinski definition) is 2. The molecule has 0 bridgehead atoms. The van der Waals surface area contributed by atoms with Crippen LogP contribution in [0.25, 0.3) is 0 Å². The Balaban J connectivity index is 2.02. The smallest absolute Gasteiger partial charge is 0.364 e. The number of rotatable bonds is 3. The van der Waals surface area contributed by atoms with Gasteiger partial charge in [-0.2, -0.15) is 13.2 Å². The maximum atomic E-state index is 13.1. The number of alkyl halides is 3. The minimum Gasteiger partial charge on any atom is -0.364 e. The Labute approximate surface area is 136 Å². The molecule has 3 rings (SSSR count). The van der Waals surface area contributed by atoms with Crippen LogP contribution in [0.5, 0.6) is 0 Å². The molecule has 7 heteroatoms. The number of likely N-dealkylation sites (N-methyl/N-ethyl adjacent to an activating group) is 1. The van der Waals surface area contributed by atoms with Crippen LogP contribution in [-0.2, 0) is 23.2 Å². The number of nitrogens with zero attached hydrogens (tertiary/aromatic N) is 1. The summed E-state index contributed by atoms with van der Waals surface area (Å²) in [6.07, 6.45) is -4.62. The third-order valence-corrected chi connectivity index (χ3v) is 4.12. The van der Waals surface area contributed by atoms with Gasteiger partial charge in [-0.3, -0.25) is 9.69 Å². The molecule has 1 atom stereocenters. The Bertz CT molecular complexity index is 777. The van der Waals surface area contributed by atoms with Gasteiger partial charge in [0.2, 0.25) is 5.72 Å². The predicted molar refractivity (Wildman–Crippen MR) is 81.9 cm³/mol. The predicted octanol–water partition coefficient (Wildman–Crippen LogP) is 2.93. The number of anilines is 1. The van der Waals surface area contributed by atoms with E-state index in [1.54, 1.807) is 24.3 Å². The lowest BCUT2D eigenvalue weighted by molar-refractivity contribution is -0.156. The summed E-state index contributed by atoms with van der Waals surface area (Å²) in [6, 6.07) is 12.4. The van der Waals surface area contributed by atoms with Gasteiger partial charge < -0.3 is 10.4 Å². The number of benzene rings is 2. The molecular formula is C17H15F3N2O2. The first-order chi connectivity index (χ1) is 11.2. The van der Waals surface area contributed by atoms with Crippen molar-refractivity contribution in [3.63, 3.8) is 0 Å². The van der Waals surface area contributed by atoms with E-state index < -0.39 is 29.1 Å². The second-order valence-electron chi connectivity index (χ2n) is 5.69. The topological polar surface area (TPSA) is 52.6 Å². The lowest BCUT2D eigenvalue weighted by Gasteiger charge is -2.32. The third kappa shape index (κ3) is 2.55. The summed E-state index contributed by atoms with van der Waals surface area (Å²) in [5.74, 6) is -0.896. The molecule has 2 aromatic rings. The number of nitrogens with one attached hydrogen (secondary N) is 1. The first-order valence-electron chi connectivity index (χ1n) is 7.24. The van der Waals surface area contributed by atoms with Crippen LogP contribution in [0.3, 0.4) is 0 Å². The van der Waals surface area contributed by atoms with E-state index in [1.807, 2.05) is 6.07 Å². The molecule has 0 saturated carbocycles. The van der Waals surface area contributed by atoms with Gasteiger partial charge in [-0.15, -0.1) is 0 Å². The van der Waals surface area contributed by atoms with Crippen molar-refractivity contribution in [3.05, 3.63) is 65.2 Å². The van der Waals surface area contributed by atoms with Crippen molar-refractivity contribution in [3.8, 4) is 0 Å². The van der Waals surface area contributed by atoms with Crippen LogP contribution in [0.2, 0.25) is 0 Å². The van der Waals surface area contributed by atoms with Gasteiger partial charge in [0.15, 0.2) is 0 Å².